The Kier molecular flexibility index (Phi) is 4.64. The number of benzene rings is 1. The predicted molar refractivity (Wildman–Crippen MR) is 89.5 cm³/mol. The van der Waals surface area contributed by atoms with Gasteiger partial charge in [-0.05, 0) is 42.5 Å². The number of fused-ring (bicyclic) bond motifs is 1. The third-order valence-corrected chi connectivity index (χ3v) is 4.63. The first kappa shape index (κ1) is 17.6. The number of allylic oxidation sites excluding steroid dienone is 3. The van der Waals surface area contributed by atoms with Gasteiger partial charge in [-0.15, -0.1) is 0 Å². The SMILES string of the molecule is CC1=CCC=C(NC(=O)c2cn(CC(F)(F)F)c3cc(F)ccc23)S1. The molecule has 25 heavy (non-hydrogen) atoms. The van der Waals surface area contributed by atoms with Crippen LogP contribution in [-0.2, 0) is 6.54 Å². The van der Waals surface area contributed by atoms with E-state index in [0.29, 0.717) is 11.4 Å². The Labute approximate surface area is 145 Å². The number of nitrogens with one attached hydrogen (secondary N) is 1. The Balaban J connectivity index is 1.95. The molecule has 0 spiro atoms. The van der Waals surface area contributed by atoms with Crippen molar-refractivity contribution in [3.63, 3.8) is 0 Å². The van der Waals surface area contributed by atoms with Crippen molar-refractivity contribution in [2.24, 2.45) is 0 Å². The minimum atomic E-state index is -4.48. The molecule has 3 nitrogen and oxygen atoms in total. The van der Waals surface area contributed by atoms with Crippen LogP contribution in [0, 0.1) is 5.82 Å². The smallest absolute Gasteiger partial charge is 0.337 e. The number of halogens is 4. The lowest BCUT2D eigenvalue weighted by Gasteiger charge is -2.12. The van der Waals surface area contributed by atoms with Crippen LogP contribution < -0.4 is 5.32 Å². The highest BCUT2D eigenvalue weighted by atomic mass is 32.2. The van der Waals surface area contributed by atoms with Crippen LogP contribution in [0.1, 0.15) is 23.7 Å². The Morgan fingerprint density at radius 3 is 2.76 bits per heavy atom. The second-order valence-corrected chi connectivity index (χ2v) is 6.91. The van der Waals surface area contributed by atoms with Crippen molar-refractivity contribution in [1.29, 1.82) is 0 Å². The number of hydrogen-bond donors (Lipinski definition) is 1. The Bertz CT molecular complexity index is 896. The lowest BCUT2D eigenvalue weighted by atomic mass is 10.1. The molecule has 3 rings (SSSR count). The van der Waals surface area contributed by atoms with E-state index in [9.17, 15) is 22.4 Å². The van der Waals surface area contributed by atoms with E-state index < -0.39 is 24.4 Å². The van der Waals surface area contributed by atoms with Crippen LogP contribution in [0.15, 0.2) is 46.5 Å². The number of aromatic nitrogens is 1. The van der Waals surface area contributed by atoms with Crippen LogP contribution in [-0.4, -0.2) is 16.7 Å². The number of amides is 1. The fourth-order valence-electron chi connectivity index (χ4n) is 2.61. The van der Waals surface area contributed by atoms with Crippen LogP contribution in [0.25, 0.3) is 10.9 Å². The third-order valence-electron chi connectivity index (χ3n) is 3.65. The largest absolute Gasteiger partial charge is 0.406 e. The summed E-state index contributed by atoms with van der Waals surface area (Å²) in [5.74, 6) is -1.18. The molecule has 1 aliphatic rings. The number of carbonyl (C=O) groups excluding carboxylic acids is 1. The van der Waals surface area contributed by atoms with Gasteiger partial charge in [0.15, 0.2) is 0 Å². The van der Waals surface area contributed by atoms with Crippen molar-refractivity contribution in [2.75, 3.05) is 0 Å². The normalized spacial score (nSPS) is 15.1. The predicted octanol–water partition coefficient (Wildman–Crippen LogP) is 4.95. The average molecular weight is 370 g/mol. The maximum atomic E-state index is 13.5. The molecule has 2 heterocycles. The number of thioether (sulfide) groups is 1. The highest BCUT2D eigenvalue weighted by Gasteiger charge is 2.29. The molecule has 8 heteroatoms. The Hall–Kier alpha value is -2.22. The summed E-state index contributed by atoms with van der Waals surface area (Å²) >= 11 is 1.38. The summed E-state index contributed by atoms with van der Waals surface area (Å²) in [7, 11) is 0. The second kappa shape index (κ2) is 6.59. The zero-order chi connectivity index (χ0) is 18.2. The fraction of sp³-hybridized carbons (Fsp3) is 0.235. The minimum Gasteiger partial charge on any atom is -0.337 e. The molecule has 0 radical (unpaired) electrons. The van der Waals surface area contributed by atoms with Gasteiger partial charge in [0.2, 0.25) is 0 Å². The summed E-state index contributed by atoms with van der Waals surface area (Å²) < 4.78 is 52.6. The molecule has 0 saturated heterocycles. The van der Waals surface area contributed by atoms with Crippen LogP contribution in [0.2, 0.25) is 0 Å². The first-order chi connectivity index (χ1) is 11.7. The lowest BCUT2D eigenvalue weighted by molar-refractivity contribution is -0.139. The van der Waals surface area contributed by atoms with Crippen molar-refractivity contribution >= 4 is 28.6 Å². The van der Waals surface area contributed by atoms with E-state index >= 15 is 0 Å². The van der Waals surface area contributed by atoms with Gasteiger partial charge in [-0.2, -0.15) is 13.2 Å². The molecule has 1 aromatic heterocycles. The molecule has 0 aliphatic carbocycles. The summed E-state index contributed by atoms with van der Waals surface area (Å²) in [4.78, 5) is 13.6. The standard InChI is InChI=1S/C17H14F4N2OS/c1-10-3-2-4-15(25-10)22-16(24)13-8-23(9-17(19,20)21)14-7-11(18)5-6-12(13)14/h3-8H,2,9H2,1H3,(H,22,24). The molecule has 1 amide bonds. The molecule has 1 N–H and O–H groups in total. The molecule has 0 fully saturated rings. The highest BCUT2D eigenvalue weighted by Crippen LogP contribution is 2.30. The maximum absolute atomic E-state index is 13.5. The molecule has 132 valence electrons. The Morgan fingerprint density at radius 2 is 2.08 bits per heavy atom. The zero-order valence-corrected chi connectivity index (χ0v) is 14.0. The number of rotatable bonds is 3. The monoisotopic (exact) mass is 370 g/mol. The summed E-state index contributed by atoms with van der Waals surface area (Å²) in [6.07, 6.45) is 1.14. The summed E-state index contributed by atoms with van der Waals surface area (Å²) in [6.45, 7) is 0.612. The number of carbonyl (C=O) groups is 1. The van der Waals surface area contributed by atoms with Crippen molar-refractivity contribution in [1.82, 2.24) is 9.88 Å². The van der Waals surface area contributed by atoms with Crippen molar-refractivity contribution < 1.29 is 22.4 Å². The van der Waals surface area contributed by atoms with Crippen LogP contribution in [0.3, 0.4) is 0 Å². The molecule has 2 aromatic rings. The van der Waals surface area contributed by atoms with Gasteiger partial charge in [-0.1, -0.05) is 17.8 Å². The van der Waals surface area contributed by atoms with E-state index in [0.717, 1.165) is 27.8 Å². The summed E-state index contributed by atoms with van der Waals surface area (Å²) in [5.41, 5.74) is 0.108. The van der Waals surface area contributed by atoms with Crippen LogP contribution >= 0.6 is 11.8 Å². The van der Waals surface area contributed by atoms with Gasteiger partial charge in [-0.25, -0.2) is 4.39 Å². The summed E-state index contributed by atoms with van der Waals surface area (Å²) in [5, 5.41) is 3.61. The van der Waals surface area contributed by atoms with Crippen LogP contribution in [0.4, 0.5) is 17.6 Å². The molecular weight excluding hydrogens is 356 g/mol. The topological polar surface area (TPSA) is 34.0 Å². The lowest BCUT2D eigenvalue weighted by Crippen LogP contribution is -2.22. The molecule has 1 aliphatic heterocycles. The summed E-state index contributed by atoms with van der Waals surface area (Å²) in [6, 6.07) is 3.44. The van der Waals surface area contributed by atoms with E-state index in [1.807, 2.05) is 19.1 Å². The van der Waals surface area contributed by atoms with Gasteiger partial charge in [-0.3, -0.25) is 4.79 Å². The van der Waals surface area contributed by atoms with Crippen molar-refractivity contribution in [2.45, 2.75) is 26.1 Å². The minimum absolute atomic E-state index is 0.0313. The van der Waals surface area contributed by atoms with Gasteiger partial charge in [0, 0.05) is 11.6 Å². The van der Waals surface area contributed by atoms with Crippen molar-refractivity contribution in [3.8, 4) is 0 Å². The highest BCUT2D eigenvalue weighted by molar-refractivity contribution is 8.06. The van der Waals surface area contributed by atoms with E-state index in [1.54, 1.807) is 0 Å². The maximum Gasteiger partial charge on any atom is 0.406 e. The van der Waals surface area contributed by atoms with Gasteiger partial charge in [0.1, 0.15) is 12.4 Å². The number of hydrogen-bond acceptors (Lipinski definition) is 2. The average Bonchev–Trinajstić information content (AvgIpc) is 2.83. The van der Waals surface area contributed by atoms with Gasteiger partial charge in [0.25, 0.3) is 5.91 Å². The molecule has 0 atom stereocenters. The molecule has 0 saturated carbocycles. The van der Waals surface area contributed by atoms with Gasteiger partial charge < -0.3 is 9.88 Å². The number of alkyl halides is 3. The van der Waals surface area contributed by atoms with Crippen LogP contribution in [0.5, 0.6) is 0 Å². The number of nitrogens with zero attached hydrogens (tertiary/aromatic N) is 1. The second-order valence-electron chi connectivity index (χ2n) is 5.62. The first-order valence-electron chi connectivity index (χ1n) is 7.44. The molecular formula is C17H14F4N2OS. The quantitative estimate of drug-likeness (QED) is 0.776. The van der Waals surface area contributed by atoms with Gasteiger partial charge >= 0.3 is 6.18 Å². The van der Waals surface area contributed by atoms with E-state index in [2.05, 4.69) is 5.32 Å². The molecule has 0 unspecified atom stereocenters. The molecule has 1 aromatic carbocycles. The fourth-order valence-corrected chi connectivity index (χ4v) is 3.46. The van der Waals surface area contributed by atoms with E-state index in [-0.39, 0.29) is 16.5 Å². The van der Waals surface area contributed by atoms with Gasteiger partial charge in [0.05, 0.1) is 16.1 Å². The third kappa shape index (κ3) is 4.07. The van der Waals surface area contributed by atoms with E-state index in [1.165, 1.54) is 17.8 Å². The first-order valence-corrected chi connectivity index (χ1v) is 8.26. The zero-order valence-electron chi connectivity index (χ0n) is 13.2. The Morgan fingerprint density at radius 1 is 1.32 bits per heavy atom. The molecule has 0 bridgehead atoms. The van der Waals surface area contributed by atoms with E-state index in [4.69, 9.17) is 0 Å². The van der Waals surface area contributed by atoms with Crippen molar-refractivity contribution in [3.05, 3.63) is 57.9 Å².